The molecular weight excluding hydrogens is 436 g/mol. The average molecular weight is 481 g/mol. The number of fused-ring (bicyclic) bond motifs is 3. The molecule has 190 valence electrons. The molecular formula is C34H44N2. The lowest BCUT2D eigenvalue weighted by Gasteiger charge is -2.54. The van der Waals surface area contributed by atoms with Gasteiger partial charge in [-0.05, 0) is 104 Å². The number of hydrogen-bond donors (Lipinski definition) is 0. The van der Waals surface area contributed by atoms with Gasteiger partial charge in [0.2, 0.25) is 0 Å². The normalized spacial score (nSPS) is 22.8. The number of nitriles is 2. The van der Waals surface area contributed by atoms with Gasteiger partial charge in [0.25, 0.3) is 0 Å². The predicted octanol–water partition coefficient (Wildman–Crippen LogP) is 9.12. The van der Waals surface area contributed by atoms with Crippen LogP contribution in [0.2, 0.25) is 0 Å². The lowest BCUT2D eigenvalue weighted by atomic mass is 9.50. The third-order valence-corrected chi connectivity index (χ3v) is 9.57. The van der Waals surface area contributed by atoms with Crippen molar-refractivity contribution in [3.05, 3.63) is 69.8 Å². The maximum Gasteiger partial charge on any atom is 0.101 e. The molecule has 2 nitrogen and oxygen atoms in total. The third-order valence-electron chi connectivity index (χ3n) is 9.57. The Morgan fingerprint density at radius 2 is 1.22 bits per heavy atom. The van der Waals surface area contributed by atoms with Crippen LogP contribution < -0.4 is 0 Å². The number of unbranched alkanes of at least 4 members (excludes halogenated alkanes) is 4. The first-order chi connectivity index (χ1) is 17.6. The van der Waals surface area contributed by atoms with Gasteiger partial charge in [-0.2, -0.15) is 10.5 Å². The molecule has 5 rings (SSSR count). The maximum atomic E-state index is 10.2. The average Bonchev–Trinajstić information content (AvgIpc) is 2.93. The third kappa shape index (κ3) is 5.70. The Morgan fingerprint density at radius 1 is 0.639 bits per heavy atom. The molecule has 2 aromatic rings. The Balaban J connectivity index is 1.46. The Bertz CT molecular complexity index is 1070. The largest absolute Gasteiger partial charge is 0.192 e. The lowest BCUT2D eigenvalue weighted by molar-refractivity contribution is 0.0304. The molecule has 3 saturated carbocycles. The molecule has 36 heavy (non-hydrogen) atoms. The van der Waals surface area contributed by atoms with Crippen molar-refractivity contribution in [2.24, 2.45) is 5.41 Å². The van der Waals surface area contributed by atoms with Crippen LogP contribution in [0.3, 0.4) is 0 Å². The van der Waals surface area contributed by atoms with Gasteiger partial charge in [-0.1, -0.05) is 82.3 Å². The first-order valence-corrected chi connectivity index (χ1v) is 14.6. The van der Waals surface area contributed by atoms with Crippen LogP contribution in [-0.4, -0.2) is 0 Å². The number of nitrogens with zero attached hydrogens (tertiary/aromatic N) is 2. The van der Waals surface area contributed by atoms with Gasteiger partial charge >= 0.3 is 0 Å². The van der Waals surface area contributed by atoms with Crippen LogP contribution in [0.4, 0.5) is 0 Å². The summed E-state index contributed by atoms with van der Waals surface area (Å²) in [4.78, 5) is 0. The Hall–Kier alpha value is -2.58. The van der Waals surface area contributed by atoms with Crippen molar-refractivity contribution >= 4 is 0 Å². The fraction of sp³-hybridized carbons (Fsp3) is 0.588. The molecule has 0 saturated heterocycles. The van der Waals surface area contributed by atoms with E-state index in [1.165, 1.54) is 100 Å². The number of aryl methyl sites for hydroxylation is 3. The SMILES string of the molecule is CCCCCc1ccc(CCc2ccc(C34CCC(CCCCC)(CC3)CC4)c(C#N)c2C#N)cc1. The van der Waals surface area contributed by atoms with Gasteiger partial charge in [0, 0.05) is 0 Å². The summed E-state index contributed by atoms with van der Waals surface area (Å²) >= 11 is 0. The van der Waals surface area contributed by atoms with Crippen LogP contribution in [0, 0.1) is 28.1 Å². The van der Waals surface area contributed by atoms with Crippen molar-refractivity contribution in [1.29, 1.82) is 10.5 Å². The summed E-state index contributed by atoms with van der Waals surface area (Å²) in [5.41, 5.74) is 6.87. The monoisotopic (exact) mass is 480 g/mol. The predicted molar refractivity (Wildman–Crippen MR) is 149 cm³/mol. The van der Waals surface area contributed by atoms with E-state index < -0.39 is 0 Å². The fourth-order valence-corrected chi connectivity index (χ4v) is 7.06. The topological polar surface area (TPSA) is 47.6 Å². The van der Waals surface area contributed by atoms with E-state index in [1.54, 1.807) is 0 Å². The van der Waals surface area contributed by atoms with Gasteiger partial charge in [-0.15, -0.1) is 0 Å². The van der Waals surface area contributed by atoms with Gasteiger partial charge in [0.1, 0.15) is 12.1 Å². The maximum absolute atomic E-state index is 10.2. The van der Waals surface area contributed by atoms with E-state index in [0.717, 1.165) is 24.8 Å². The summed E-state index contributed by atoms with van der Waals surface area (Å²) in [6.07, 6.45) is 19.5. The van der Waals surface area contributed by atoms with E-state index in [9.17, 15) is 10.5 Å². The zero-order valence-corrected chi connectivity index (χ0v) is 22.7. The molecule has 3 fully saturated rings. The van der Waals surface area contributed by atoms with E-state index in [2.05, 4.69) is 62.4 Å². The molecule has 2 bridgehead atoms. The molecule has 0 aromatic heterocycles. The van der Waals surface area contributed by atoms with E-state index >= 15 is 0 Å². The van der Waals surface area contributed by atoms with Crippen molar-refractivity contribution in [2.75, 3.05) is 0 Å². The molecule has 2 heteroatoms. The number of rotatable bonds is 12. The van der Waals surface area contributed by atoms with Crippen LogP contribution in [0.25, 0.3) is 0 Å². The highest BCUT2D eigenvalue weighted by Crippen LogP contribution is 2.60. The molecule has 0 unspecified atom stereocenters. The highest BCUT2D eigenvalue weighted by atomic mass is 14.5. The molecule has 2 aromatic carbocycles. The summed E-state index contributed by atoms with van der Waals surface area (Å²) in [6, 6.07) is 18.3. The molecule has 0 N–H and O–H groups in total. The molecule has 3 aliphatic carbocycles. The van der Waals surface area contributed by atoms with Crippen LogP contribution >= 0.6 is 0 Å². The van der Waals surface area contributed by atoms with Crippen LogP contribution in [-0.2, 0) is 24.7 Å². The number of hydrogen-bond acceptors (Lipinski definition) is 2. The summed E-state index contributed by atoms with van der Waals surface area (Å²) in [5.74, 6) is 0. The van der Waals surface area contributed by atoms with Crippen LogP contribution in [0.15, 0.2) is 36.4 Å². The highest BCUT2D eigenvalue weighted by Gasteiger charge is 2.49. The van der Waals surface area contributed by atoms with Gasteiger partial charge in [-0.3, -0.25) is 0 Å². The summed E-state index contributed by atoms with van der Waals surface area (Å²) in [6.45, 7) is 4.53. The minimum atomic E-state index is 0.106. The smallest absolute Gasteiger partial charge is 0.101 e. The molecule has 0 spiro atoms. The van der Waals surface area contributed by atoms with Gasteiger partial charge in [0.05, 0.1) is 11.1 Å². The zero-order valence-electron chi connectivity index (χ0n) is 22.7. The zero-order chi connectivity index (χ0) is 25.4. The second-order valence-corrected chi connectivity index (χ2v) is 11.8. The highest BCUT2D eigenvalue weighted by molar-refractivity contribution is 5.57. The van der Waals surface area contributed by atoms with E-state index in [0.29, 0.717) is 16.5 Å². The van der Waals surface area contributed by atoms with Gasteiger partial charge < -0.3 is 0 Å². The second kappa shape index (κ2) is 12.1. The van der Waals surface area contributed by atoms with E-state index in [4.69, 9.17) is 0 Å². The molecule has 0 heterocycles. The molecule has 3 aliphatic rings. The minimum absolute atomic E-state index is 0.106. The van der Waals surface area contributed by atoms with E-state index in [1.807, 2.05) is 0 Å². The lowest BCUT2D eigenvalue weighted by Crippen LogP contribution is -2.44. The van der Waals surface area contributed by atoms with Crippen molar-refractivity contribution in [3.63, 3.8) is 0 Å². The summed E-state index contributed by atoms with van der Waals surface area (Å²) < 4.78 is 0. The van der Waals surface area contributed by atoms with Gasteiger partial charge in [-0.25, -0.2) is 0 Å². The second-order valence-electron chi connectivity index (χ2n) is 11.8. The van der Waals surface area contributed by atoms with Crippen LogP contribution in [0.5, 0.6) is 0 Å². The first kappa shape index (κ1) is 26.5. The Morgan fingerprint density at radius 3 is 1.81 bits per heavy atom. The summed E-state index contributed by atoms with van der Waals surface area (Å²) in [7, 11) is 0. The standard InChI is InChI=1S/C34H44N2/c1-3-5-7-9-27-10-12-28(13-11-27)14-15-29-16-17-32(31(26-36)30(29)25-35)34-22-19-33(20-23-34,21-24-34)18-8-6-4-2/h10-13,16-17H,3-9,14-15,18-24H2,1-2H3. The van der Waals surface area contributed by atoms with E-state index in [-0.39, 0.29) is 5.41 Å². The van der Waals surface area contributed by atoms with Crippen LogP contribution in [0.1, 0.15) is 131 Å². The Labute approximate surface area is 219 Å². The fourth-order valence-electron chi connectivity index (χ4n) is 7.06. The molecule has 0 radical (unpaired) electrons. The molecule has 0 aliphatic heterocycles. The van der Waals surface area contributed by atoms with Gasteiger partial charge in [0.15, 0.2) is 0 Å². The van der Waals surface area contributed by atoms with Crippen molar-refractivity contribution < 1.29 is 0 Å². The first-order valence-electron chi connectivity index (χ1n) is 14.6. The van der Waals surface area contributed by atoms with Crippen molar-refractivity contribution in [2.45, 2.75) is 122 Å². The quantitative estimate of drug-likeness (QED) is 0.284. The molecule has 0 atom stereocenters. The summed E-state index contributed by atoms with van der Waals surface area (Å²) in [5, 5.41) is 20.3. The minimum Gasteiger partial charge on any atom is -0.192 e. The van der Waals surface area contributed by atoms with Crippen molar-refractivity contribution in [3.8, 4) is 12.1 Å². The Kier molecular flexibility index (Phi) is 8.90. The number of benzene rings is 2. The van der Waals surface area contributed by atoms with Crippen molar-refractivity contribution in [1.82, 2.24) is 0 Å². The molecule has 0 amide bonds.